The van der Waals surface area contributed by atoms with E-state index in [1.807, 2.05) is 0 Å². The second-order valence-corrected chi connectivity index (χ2v) is 6.64. The van der Waals surface area contributed by atoms with E-state index < -0.39 is 26.9 Å². The van der Waals surface area contributed by atoms with Crippen LogP contribution in [0.3, 0.4) is 0 Å². The maximum atomic E-state index is 11.7. The predicted octanol–water partition coefficient (Wildman–Crippen LogP) is 1.25. The predicted molar refractivity (Wildman–Crippen MR) is 55.4 cm³/mol. The molecule has 0 saturated carbocycles. The molecule has 0 bridgehead atoms. The minimum absolute atomic E-state index is 0.151. The second kappa shape index (κ2) is 5.95. The van der Waals surface area contributed by atoms with Gasteiger partial charge >= 0.3 is 5.51 Å². The monoisotopic (exact) mass is 265 g/mol. The Balaban J connectivity index is 3.96. The molecule has 0 amide bonds. The van der Waals surface area contributed by atoms with Crippen LogP contribution in [0.2, 0.25) is 0 Å². The van der Waals surface area contributed by atoms with Crippen LogP contribution in [0, 0.1) is 5.92 Å². The summed E-state index contributed by atoms with van der Waals surface area (Å²) in [6, 6.07) is 0. The summed E-state index contributed by atoms with van der Waals surface area (Å²) in [4.78, 5) is 0. The van der Waals surface area contributed by atoms with Gasteiger partial charge in [-0.2, -0.15) is 13.2 Å². The number of thioether (sulfide) groups is 1. The topological polar surface area (TPSA) is 60.2 Å². The van der Waals surface area contributed by atoms with Gasteiger partial charge in [0.15, 0.2) is 9.84 Å². The maximum absolute atomic E-state index is 11.7. The van der Waals surface area contributed by atoms with Crippen molar-refractivity contribution in [3.8, 4) is 0 Å². The normalized spacial score (nSPS) is 15.3. The SMILES string of the molecule is CC(CN)CS(=O)(=O)CCSC(F)(F)F. The van der Waals surface area contributed by atoms with Crippen molar-refractivity contribution in [2.75, 3.05) is 23.8 Å². The Morgan fingerprint density at radius 3 is 2.33 bits per heavy atom. The third-order valence-electron chi connectivity index (χ3n) is 1.60. The number of rotatable bonds is 6. The average Bonchev–Trinajstić information content (AvgIpc) is 2.00. The highest BCUT2D eigenvalue weighted by molar-refractivity contribution is 8.01. The molecule has 0 fully saturated rings. The Hall–Kier alpha value is 0.0500. The highest BCUT2D eigenvalue weighted by Gasteiger charge is 2.28. The van der Waals surface area contributed by atoms with Crippen LogP contribution in [0.15, 0.2) is 0 Å². The van der Waals surface area contributed by atoms with E-state index in [9.17, 15) is 21.6 Å². The fraction of sp³-hybridized carbons (Fsp3) is 1.00. The molecule has 0 saturated heterocycles. The van der Waals surface area contributed by atoms with E-state index in [4.69, 9.17) is 5.73 Å². The number of halogens is 3. The van der Waals surface area contributed by atoms with Crippen LogP contribution in [0.5, 0.6) is 0 Å². The molecule has 0 aromatic rings. The molecule has 8 heteroatoms. The Bertz CT molecular complexity index is 276. The van der Waals surface area contributed by atoms with E-state index in [0.717, 1.165) is 0 Å². The Morgan fingerprint density at radius 1 is 1.40 bits per heavy atom. The van der Waals surface area contributed by atoms with Crippen LogP contribution < -0.4 is 5.73 Å². The quantitative estimate of drug-likeness (QED) is 0.785. The van der Waals surface area contributed by atoms with Crippen molar-refractivity contribution in [1.29, 1.82) is 0 Å². The molecule has 1 atom stereocenters. The van der Waals surface area contributed by atoms with Crippen molar-refractivity contribution in [1.82, 2.24) is 0 Å². The molecule has 15 heavy (non-hydrogen) atoms. The van der Waals surface area contributed by atoms with Crippen LogP contribution >= 0.6 is 11.8 Å². The molecule has 0 aromatic carbocycles. The van der Waals surface area contributed by atoms with Gasteiger partial charge in [-0.3, -0.25) is 0 Å². The molecule has 0 radical (unpaired) electrons. The summed E-state index contributed by atoms with van der Waals surface area (Å²) in [7, 11) is -3.42. The fourth-order valence-electron chi connectivity index (χ4n) is 0.869. The van der Waals surface area contributed by atoms with Gasteiger partial charge in [0.1, 0.15) is 0 Å². The third-order valence-corrected chi connectivity index (χ3v) is 4.50. The summed E-state index contributed by atoms with van der Waals surface area (Å²) in [6.45, 7) is 1.86. The number of hydrogen-bond donors (Lipinski definition) is 1. The largest absolute Gasteiger partial charge is 0.441 e. The lowest BCUT2D eigenvalue weighted by Crippen LogP contribution is -2.24. The van der Waals surface area contributed by atoms with Gasteiger partial charge in [0.05, 0.1) is 11.5 Å². The van der Waals surface area contributed by atoms with Gasteiger partial charge in [-0.15, -0.1) is 0 Å². The Kier molecular flexibility index (Phi) is 5.97. The second-order valence-electron chi connectivity index (χ2n) is 3.25. The Morgan fingerprint density at radius 2 is 1.93 bits per heavy atom. The zero-order chi connectivity index (χ0) is 12.1. The van der Waals surface area contributed by atoms with Gasteiger partial charge in [0.2, 0.25) is 0 Å². The molecule has 0 heterocycles. The van der Waals surface area contributed by atoms with Crippen molar-refractivity contribution < 1.29 is 21.6 Å². The zero-order valence-corrected chi connectivity index (χ0v) is 9.88. The highest BCUT2D eigenvalue weighted by atomic mass is 32.2. The third kappa shape index (κ3) is 9.01. The van der Waals surface area contributed by atoms with Gasteiger partial charge < -0.3 is 5.73 Å². The number of sulfone groups is 1. The van der Waals surface area contributed by atoms with Gasteiger partial charge in [-0.25, -0.2) is 8.42 Å². The lowest BCUT2D eigenvalue weighted by Gasteiger charge is -2.09. The average molecular weight is 265 g/mol. The van der Waals surface area contributed by atoms with Crippen molar-refractivity contribution >= 4 is 21.6 Å². The van der Waals surface area contributed by atoms with Crippen LogP contribution in [-0.2, 0) is 9.84 Å². The number of hydrogen-bond acceptors (Lipinski definition) is 4. The van der Waals surface area contributed by atoms with Crippen molar-refractivity contribution in [3.05, 3.63) is 0 Å². The highest BCUT2D eigenvalue weighted by Crippen LogP contribution is 2.30. The van der Waals surface area contributed by atoms with Crippen molar-refractivity contribution in [2.24, 2.45) is 11.7 Å². The van der Waals surface area contributed by atoms with E-state index in [2.05, 4.69) is 0 Å². The summed E-state index contributed by atoms with van der Waals surface area (Å²) in [6.07, 6.45) is 0. The summed E-state index contributed by atoms with van der Waals surface area (Å²) in [5, 5.41) is 0. The maximum Gasteiger partial charge on any atom is 0.441 e. The van der Waals surface area contributed by atoms with E-state index >= 15 is 0 Å². The molecular weight excluding hydrogens is 251 g/mol. The molecule has 0 aliphatic carbocycles. The number of nitrogens with two attached hydrogens (primary N) is 1. The van der Waals surface area contributed by atoms with Crippen LogP contribution in [0.25, 0.3) is 0 Å². The smallest absolute Gasteiger partial charge is 0.330 e. The first-order valence-electron chi connectivity index (χ1n) is 4.27. The van der Waals surface area contributed by atoms with Gasteiger partial charge in [0.25, 0.3) is 0 Å². The molecule has 0 aliphatic heterocycles. The first kappa shape index (κ1) is 15.0. The molecular formula is C7H14F3NO2S2. The minimum Gasteiger partial charge on any atom is -0.330 e. The van der Waals surface area contributed by atoms with E-state index in [1.54, 1.807) is 6.92 Å². The summed E-state index contributed by atoms with van der Waals surface area (Å²) in [5.41, 5.74) is 0.861. The van der Waals surface area contributed by atoms with Gasteiger partial charge in [-0.1, -0.05) is 6.92 Å². The fourth-order valence-corrected chi connectivity index (χ4v) is 3.62. The van der Waals surface area contributed by atoms with Gasteiger partial charge in [-0.05, 0) is 24.2 Å². The lowest BCUT2D eigenvalue weighted by molar-refractivity contribution is -0.0326. The standard InChI is InChI=1S/C7H14F3NO2S2/c1-6(4-11)5-15(12,13)3-2-14-7(8,9)10/h6H,2-5,11H2,1H3. The van der Waals surface area contributed by atoms with Crippen LogP contribution in [0.1, 0.15) is 6.92 Å². The molecule has 0 aromatic heterocycles. The minimum atomic E-state index is -4.37. The lowest BCUT2D eigenvalue weighted by atomic mass is 10.2. The Labute approximate surface area is 91.5 Å². The van der Waals surface area contributed by atoms with Crippen LogP contribution in [0.4, 0.5) is 13.2 Å². The van der Waals surface area contributed by atoms with Crippen molar-refractivity contribution in [2.45, 2.75) is 12.4 Å². The molecule has 3 nitrogen and oxygen atoms in total. The summed E-state index contributed by atoms with van der Waals surface area (Å²) >= 11 is -0.315. The number of alkyl halides is 3. The summed E-state index contributed by atoms with van der Waals surface area (Å²) < 4.78 is 57.6. The van der Waals surface area contributed by atoms with Gasteiger partial charge in [0, 0.05) is 5.75 Å². The first-order valence-corrected chi connectivity index (χ1v) is 7.08. The first-order chi connectivity index (χ1) is 6.66. The zero-order valence-electron chi connectivity index (χ0n) is 8.25. The molecule has 0 spiro atoms. The molecule has 1 unspecified atom stereocenters. The summed E-state index contributed by atoms with van der Waals surface area (Å²) in [5.74, 6) is -1.28. The molecule has 0 aliphatic rings. The molecule has 0 rings (SSSR count). The van der Waals surface area contributed by atoms with Crippen molar-refractivity contribution in [3.63, 3.8) is 0 Å². The van der Waals surface area contributed by atoms with Crippen LogP contribution in [-0.4, -0.2) is 37.7 Å². The van der Waals surface area contributed by atoms with E-state index in [1.165, 1.54) is 0 Å². The van der Waals surface area contributed by atoms with E-state index in [-0.39, 0.29) is 30.0 Å². The van der Waals surface area contributed by atoms with E-state index in [0.29, 0.717) is 0 Å². The molecule has 92 valence electrons. The molecule has 2 N–H and O–H groups in total.